The molecule has 31 heavy (non-hydrogen) atoms. The van der Waals surface area contributed by atoms with Crippen LogP contribution in [0.15, 0.2) is 41.2 Å². The minimum atomic E-state index is -0.655. The maximum Gasteiger partial charge on any atom is 0.408 e. The number of aryl methyl sites for hydroxylation is 1. The van der Waals surface area contributed by atoms with Crippen LogP contribution in [-0.4, -0.2) is 28.4 Å². The SMILES string of the molecule is COc1cc(-n2c([C@H](C)NC(=O)OC(C)(C)C)nc3cccc(Cl)c3c2=O)ccc1C. The zero-order valence-electron chi connectivity index (χ0n) is 18.4. The second kappa shape index (κ2) is 8.59. The Morgan fingerprint density at radius 2 is 1.94 bits per heavy atom. The Balaban J connectivity index is 2.21. The fraction of sp³-hybridized carbons (Fsp3) is 0.348. The van der Waals surface area contributed by atoms with E-state index in [0.717, 1.165) is 5.56 Å². The first-order valence-electron chi connectivity index (χ1n) is 9.87. The Morgan fingerprint density at radius 1 is 1.23 bits per heavy atom. The molecule has 1 atom stereocenters. The summed E-state index contributed by atoms with van der Waals surface area (Å²) in [6.07, 6.45) is -0.603. The summed E-state index contributed by atoms with van der Waals surface area (Å²) in [5, 5.41) is 3.37. The summed E-state index contributed by atoms with van der Waals surface area (Å²) in [5.74, 6) is 0.971. The van der Waals surface area contributed by atoms with Gasteiger partial charge in [-0.2, -0.15) is 0 Å². The number of benzene rings is 2. The third-order valence-corrected chi connectivity index (χ3v) is 4.96. The van der Waals surface area contributed by atoms with Crippen LogP contribution in [0.4, 0.5) is 4.79 Å². The van der Waals surface area contributed by atoms with Gasteiger partial charge in [-0.15, -0.1) is 0 Å². The summed E-state index contributed by atoms with van der Waals surface area (Å²) < 4.78 is 12.2. The Morgan fingerprint density at radius 3 is 2.58 bits per heavy atom. The number of ether oxygens (including phenoxy) is 2. The number of carbonyl (C=O) groups excluding carboxylic acids is 1. The number of nitrogens with one attached hydrogen (secondary N) is 1. The minimum absolute atomic E-state index is 0.303. The number of hydrogen-bond acceptors (Lipinski definition) is 5. The van der Waals surface area contributed by atoms with Crippen LogP contribution in [0.1, 0.15) is 45.1 Å². The van der Waals surface area contributed by atoms with Crippen molar-refractivity contribution in [1.29, 1.82) is 0 Å². The lowest BCUT2D eigenvalue weighted by molar-refractivity contribution is 0.0505. The number of rotatable bonds is 4. The highest BCUT2D eigenvalue weighted by Gasteiger charge is 2.23. The van der Waals surface area contributed by atoms with E-state index >= 15 is 0 Å². The molecule has 164 valence electrons. The normalized spacial score (nSPS) is 12.5. The van der Waals surface area contributed by atoms with Crippen LogP contribution < -0.4 is 15.6 Å². The molecule has 0 fully saturated rings. The molecule has 1 amide bonds. The predicted octanol–water partition coefficient (Wildman–Crippen LogP) is 4.94. The largest absolute Gasteiger partial charge is 0.496 e. The van der Waals surface area contributed by atoms with Crippen LogP contribution >= 0.6 is 11.6 Å². The van der Waals surface area contributed by atoms with Crippen molar-refractivity contribution in [2.45, 2.75) is 46.3 Å². The second-order valence-electron chi connectivity index (χ2n) is 8.27. The number of hydrogen-bond donors (Lipinski definition) is 1. The summed E-state index contributed by atoms with van der Waals surface area (Å²) in [6.45, 7) is 8.99. The fourth-order valence-electron chi connectivity index (χ4n) is 3.24. The van der Waals surface area contributed by atoms with Crippen molar-refractivity contribution < 1.29 is 14.3 Å². The van der Waals surface area contributed by atoms with Gasteiger partial charge in [-0.25, -0.2) is 9.78 Å². The van der Waals surface area contributed by atoms with Gasteiger partial charge < -0.3 is 14.8 Å². The number of carbonyl (C=O) groups is 1. The molecule has 1 aromatic heterocycles. The van der Waals surface area contributed by atoms with Crippen molar-refractivity contribution in [3.8, 4) is 11.4 Å². The monoisotopic (exact) mass is 443 g/mol. The zero-order valence-corrected chi connectivity index (χ0v) is 19.2. The number of amides is 1. The molecule has 3 aromatic rings. The van der Waals surface area contributed by atoms with Crippen LogP contribution in [0.5, 0.6) is 5.75 Å². The molecular weight excluding hydrogens is 418 g/mol. The smallest absolute Gasteiger partial charge is 0.408 e. The molecule has 0 unspecified atom stereocenters. The van der Waals surface area contributed by atoms with Gasteiger partial charge in [0.2, 0.25) is 0 Å². The third-order valence-electron chi connectivity index (χ3n) is 4.64. The molecule has 0 saturated carbocycles. The maximum absolute atomic E-state index is 13.5. The van der Waals surface area contributed by atoms with E-state index < -0.39 is 17.7 Å². The van der Waals surface area contributed by atoms with Gasteiger partial charge in [0.15, 0.2) is 0 Å². The Hall–Kier alpha value is -3.06. The first-order valence-corrected chi connectivity index (χ1v) is 10.3. The van der Waals surface area contributed by atoms with E-state index in [9.17, 15) is 9.59 Å². The molecule has 2 aromatic carbocycles. The first kappa shape index (κ1) is 22.6. The average molecular weight is 444 g/mol. The van der Waals surface area contributed by atoms with Gasteiger partial charge in [0.05, 0.1) is 34.8 Å². The van der Waals surface area contributed by atoms with E-state index in [2.05, 4.69) is 10.3 Å². The minimum Gasteiger partial charge on any atom is -0.496 e. The van der Waals surface area contributed by atoms with Crippen LogP contribution in [0, 0.1) is 6.92 Å². The molecular formula is C23H26ClN3O4. The highest BCUT2D eigenvalue weighted by Crippen LogP contribution is 2.26. The summed E-state index contributed by atoms with van der Waals surface area (Å²) in [5.41, 5.74) is 0.926. The van der Waals surface area contributed by atoms with Gasteiger partial charge >= 0.3 is 6.09 Å². The molecule has 0 saturated heterocycles. The van der Waals surface area contributed by atoms with Crippen molar-refractivity contribution in [2.24, 2.45) is 0 Å². The Labute approximate surface area is 186 Å². The standard InChI is InChI=1S/C23H26ClN3O4/c1-13-10-11-15(12-18(13)30-6)27-20(14(2)25-22(29)31-23(3,4)5)26-17-9-7-8-16(24)19(17)21(27)28/h7-12,14H,1-6H3,(H,25,29)/t14-/m0/s1. The van der Waals surface area contributed by atoms with Gasteiger partial charge in [0, 0.05) is 6.07 Å². The fourth-order valence-corrected chi connectivity index (χ4v) is 3.49. The van der Waals surface area contributed by atoms with Crippen molar-refractivity contribution in [3.63, 3.8) is 0 Å². The molecule has 1 N–H and O–H groups in total. The summed E-state index contributed by atoms with van der Waals surface area (Å²) in [6, 6.07) is 9.87. The lowest BCUT2D eigenvalue weighted by Crippen LogP contribution is -2.37. The van der Waals surface area contributed by atoms with Crippen molar-refractivity contribution >= 4 is 28.6 Å². The van der Waals surface area contributed by atoms with E-state index in [-0.39, 0.29) is 5.56 Å². The quantitative estimate of drug-likeness (QED) is 0.617. The number of methoxy groups -OCH3 is 1. The maximum atomic E-state index is 13.5. The second-order valence-corrected chi connectivity index (χ2v) is 8.67. The lowest BCUT2D eigenvalue weighted by atomic mass is 10.1. The Bertz CT molecular complexity index is 1200. The van der Waals surface area contributed by atoms with Crippen LogP contribution in [0.2, 0.25) is 5.02 Å². The average Bonchev–Trinajstić information content (AvgIpc) is 2.66. The van der Waals surface area contributed by atoms with Gasteiger partial charge in [-0.1, -0.05) is 23.7 Å². The van der Waals surface area contributed by atoms with Crippen molar-refractivity contribution in [1.82, 2.24) is 14.9 Å². The van der Waals surface area contributed by atoms with Gasteiger partial charge in [0.1, 0.15) is 17.2 Å². The van der Waals surface area contributed by atoms with E-state index in [1.165, 1.54) is 4.57 Å². The molecule has 0 aliphatic rings. The molecule has 1 heterocycles. The summed E-state index contributed by atoms with van der Waals surface area (Å²) >= 11 is 6.33. The van der Waals surface area contributed by atoms with Gasteiger partial charge in [-0.3, -0.25) is 9.36 Å². The van der Waals surface area contributed by atoms with E-state index in [4.69, 9.17) is 21.1 Å². The zero-order chi connectivity index (χ0) is 22.9. The summed E-state index contributed by atoms with van der Waals surface area (Å²) in [7, 11) is 1.57. The number of halogens is 1. The highest BCUT2D eigenvalue weighted by molar-refractivity contribution is 6.35. The van der Waals surface area contributed by atoms with Crippen molar-refractivity contribution in [2.75, 3.05) is 7.11 Å². The highest BCUT2D eigenvalue weighted by atomic mass is 35.5. The Kier molecular flexibility index (Phi) is 6.27. The van der Waals surface area contributed by atoms with Crippen LogP contribution in [0.3, 0.4) is 0 Å². The number of alkyl carbamates (subject to hydrolysis) is 1. The summed E-state index contributed by atoms with van der Waals surface area (Å²) in [4.78, 5) is 30.5. The first-order chi connectivity index (χ1) is 14.5. The molecule has 0 aliphatic carbocycles. The number of nitrogens with zero attached hydrogens (tertiary/aromatic N) is 2. The molecule has 0 aliphatic heterocycles. The third kappa shape index (κ3) is 4.82. The van der Waals surface area contributed by atoms with E-state index in [0.29, 0.717) is 33.2 Å². The molecule has 7 nitrogen and oxygen atoms in total. The van der Waals surface area contributed by atoms with Crippen molar-refractivity contribution in [3.05, 3.63) is 63.2 Å². The molecule has 3 rings (SSSR count). The van der Waals surface area contributed by atoms with E-state index in [1.807, 2.05) is 13.0 Å². The van der Waals surface area contributed by atoms with Crippen LogP contribution in [0.25, 0.3) is 16.6 Å². The van der Waals surface area contributed by atoms with Gasteiger partial charge in [-0.05, 0) is 58.4 Å². The topological polar surface area (TPSA) is 82.4 Å². The van der Waals surface area contributed by atoms with Crippen LogP contribution in [-0.2, 0) is 4.74 Å². The molecule has 0 radical (unpaired) electrons. The molecule has 8 heteroatoms. The number of fused-ring (bicyclic) bond motifs is 1. The number of aromatic nitrogens is 2. The molecule has 0 spiro atoms. The predicted molar refractivity (Wildman–Crippen MR) is 121 cm³/mol. The van der Waals surface area contributed by atoms with E-state index in [1.54, 1.807) is 65.1 Å². The molecule has 0 bridgehead atoms. The lowest BCUT2D eigenvalue weighted by Gasteiger charge is -2.23. The van der Waals surface area contributed by atoms with Gasteiger partial charge in [0.25, 0.3) is 5.56 Å².